The largest absolute Gasteiger partial charge is 0.326 e. The summed E-state index contributed by atoms with van der Waals surface area (Å²) in [5.41, 5.74) is 8.70. The molecule has 0 atom stereocenters. The van der Waals surface area contributed by atoms with Gasteiger partial charge in [-0.2, -0.15) is 0 Å². The van der Waals surface area contributed by atoms with E-state index in [2.05, 4.69) is 0 Å². The molecule has 0 fully saturated rings. The minimum atomic E-state index is -3.55. The Morgan fingerprint density at radius 3 is 2.32 bits per heavy atom. The Balaban J connectivity index is 2.12. The Labute approximate surface area is 156 Å². The van der Waals surface area contributed by atoms with Gasteiger partial charge in [-0.15, -0.1) is 23.1 Å². The lowest BCUT2D eigenvalue weighted by Crippen LogP contribution is -2.00. The molecule has 0 spiro atoms. The maximum atomic E-state index is 13.0. The molecule has 3 aromatic rings. The molecule has 0 aliphatic carbocycles. The molecule has 3 rings (SSSR count). The van der Waals surface area contributed by atoms with Gasteiger partial charge in [-0.3, -0.25) is 0 Å². The molecule has 1 aromatic heterocycles. The van der Waals surface area contributed by atoms with E-state index in [1.165, 1.54) is 28.7 Å². The van der Waals surface area contributed by atoms with E-state index in [0.29, 0.717) is 15.6 Å². The fourth-order valence-electron chi connectivity index (χ4n) is 2.49. The van der Waals surface area contributed by atoms with Gasteiger partial charge in [0.25, 0.3) is 0 Å². The Kier molecular flexibility index (Phi) is 5.34. The molecule has 25 heavy (non-hydrogen) atoms. The molecule has 2 aromatic carbocycles. The van der Waals surface area contributed by atoms with E-state index < -0.39 is 9.84 Å². The van der Waals surface area contributed by atoms with Gasteiger partial charge < -0.3 is 5.73 Å². The van der Waals surface area contributed by atoms with Crippen molar-refractivity contribution >= 4 is 32.9 Å². The van der Waals surface area contributed by atoms with E-state index in [0.717, 1.165) is 20.9 Å². The van der Waals surface area contributed by atoms with Crippen LogP contribution < -0.4 is 5.73 Å². The zero-order valence-electron chi connectivity index (χ0n) is 14.0. The summed E-state index contributed by atoms with van der Waals surface area (Å²) in [7, 11) is -3.55. The number of thioether (sulfide) groups is 1. The number of thiophene rings is 1. The highest BCUT2D eigenvalue weighted by Gasteiger charge is 2.21. The van der Waals surface area contributed by atoms with Crippen LogP contribution in [0.25, 0.3) is 11.1 Å². The second-order valence-electron chi connectivity index (χ2n) is 5.69. The van der Waals surface area contributed by atoms with Crippen molar-refractivity contribution in [3.8, 4) is 11.1 Å². The quantitative estimate of drug-likeness (QED) is 0.641. The van der Waals surface area contributed by atoms with Crippen molar-refractivity contribution < 1.29 is 8.42 Å². The molecule has 0 saturated heterocycles. The molecule has 0 aliphatic heterocycles. The molecule has 0 amide bonds. The van der Waals surface area contributed by atoms with Crippen molar-refractivity contribution in [1.82, 2.24) is 0 Å². The number of benzene rings is 2. The average molecular weight is 390 g/mol. The molecule has 0 radical (unpaired) electrons. The van der Waals surface area contributed by atoms with E-state index in [-0.39, 0.29) is 0 Å². The van der Waals surface area contributed by atoms with Gasteiger partial charge in [-0.25, -0.2) is 8.42 Å². The molecule has 130 valence electrons. The molecule has 0 unspecified atom stereocenters. The lowest BCUT2D eigenvalue weighted by molar-refractivity contribution is 0.598. The highest BCUT2D eigenvalue weighted by atomic mass is 32.2. The van der Waals surface area contributed by atoms with Crippen LogP contribution in [0.2, 0.25) is 0 Å². The summed E-state index contributed by atoms with van der Waals surface area (Å²) in [5, 5.41) is 0. The predicted molar refractivity (Wildman–Crippen MR) is 106 cm³/mol. The van der Waals surface area contributed by atoms with Crippen LogP contribution in [-0.2, 0) is 16.4 Å². The summed E-state index contributed by atoms with van der Waals surface area (Å²) in [6, 6.07) is 17.0. The summed E-state index contributed by atoms with van der Waals surface area (Å²) in [4.78, 5) is 2.10. The summed E-state index contributed by atoms with van der Waals surface area (Å²) in [5.74, 6) is 0. The van der Waals surface area contributed by atoms with Gasteiger partial charge in [0.2, 0.25) is 9.84 Å². The van der Waals surface area contributed by atoms with Crippen molar-refractivity contribution in [1.29, 1.82) is 0 Å². The van der Waals surface area contributed by atoms with Crippen molar-refractivity contribution in [2.45, 2.75) is 27.5 Å². The van der Waals surface area contributed by atoms with Crippen LogP contribution in [0.3, 0.4) is 0 Å². The van der Waals surface area contributed by atoms with E-state index in [1.807, 2.05) is 43.5 Å². The van der Waals surface area contributed by atoms with Crippen LogP contribution in [0, 0.1) is 6.92 Å². The lowest BCUT2D eigenvalue weighted by Gasteiger charge is -2.09. The van der Waals surface area contributed by atoms with Gasteiger partial charge >= 0.3 is 0 Å². The van der Waals surface area contributed by atoms with Gasteiger partial charge in [0.05, 0.1) is 4.90 Å². The van der Waals surface area contributed by atoms with E-state index in [1.54, 1.807) is 24.3 Å². The first-order valence-corrected chi connectivity index (χ1v) is 11.3. The van der Waals surface area contributed by atoms with Crippen molar-refractivity contribution in [3.05, 3.63) is 65.0 Å². The monoisotopic (exact) mass is 389 g/mol. The highest BCUT2D eigenvalue weighted by Crippen LogP contribution is 2.33. The maximum Gasteiger partial charge on any atom is 0.216 e. The smallest absolute Gasteiger partial charge is 0.216 e. The van der Waals surface area contributed by atoms with Crippen LogP contribution in [-0.4, -0.2) is 14.7 Å². The number of hydrogen-bond acceptors (Lipinski definition) is 5. The van der Waals surface area contributed by atoms with Crippen LogP contribution in [0.4, 0.5) is 0 Å². The van der Waals surface area contributed by atoms with E-state index in [4.69, 9.17) is 5.73 Å². The molecule has 3 nitrogen and oxygen atoms in total. The molecule has 6 heteroatoms. The first kappa shape index (κ1) is 18.2. The molecular weight excluding hydrogens is 370 g/mol. The summed E-state index contributed by atoms with van der Waals surface area (Å²) < 4.78 is 26.4. The lowest BCUT2D eigenvalue weighted by atomic mass is 10.0. The molecule has 0 aliphatic rings. The van der Waals surface area contributed by atoms with Crippen LogP contribution in [0.15, 0.2) is 68.6 Å². The van der Waals surface area contributed by atoms with Gasteiger partial charge in [0.1, 0.15) is 4.21 Å². The molecule has 1 heterocycles. The Morgan fingerprint density at radius 2 is 1.72 bits per heavy atom. The van der Waals surface area contributed by atoms with Gasteiger partial charge in [0.15, 0.2) is 0 Å². The number of nitrogens with two attached hydrogens (primary N) is 1. The second kappa shape index (κ2) is 7.33. The third kappa shape index (κ3) is 3.82. The fourth-order valence-corrected chi connectivity index (χ4v) is 5.76. The number of rotatable bonds is 5. The fraction of sp³-hybridized carbons (Fsp3) is 0.158. The minimum absolute atomic E-state index is 0.320. The van der Waals surface area contributed by atoms with E-state index >= 15 is 0 Å². The molecule has 0 saturated carbocycles. The van der Waals surface area contributed by atoms with Crippen LogP contribution in [0.1, 0.15) is 10.4 Å². The number of aryl methyl sites for hydroxylation is 1. The van der Waals surface area contributed by atoms with Crippen LogP contribution >= 0.6 is 23.1 Å². The van der Waals surface area contributed by atoms with E-state index in [9.17, 15) is 8.42 Å². The van der Waals surface area contributed by atoms with Gasteiger partial charge in [-0.1, -0.05) is 29.8 Å². The van der Waals surface area contributed by atoms with Crippen molar-refractivity contribution in [2.24, 2.45) is 5.73 Å². The maximum absolute atomic E-state index is 13.0. The Morgan fingerprint density at radius 1 is 1.00 bits per heavy atom. The summed E-state index contributed by atoms with van der Waals surface area (Å²) in [6.07, 6.45) is 1.95. The normalized spacial score (nSPS) is 11.6. The summed E-state index contributed by atoms with van der Waals surface area (Å²) in [6.45, 7) is 2.38. The zero-order chi connectivity index (χ0) is 18.0. The standard InChI is InChI=1S/C19H19NO2S3/c1-13-3-5-14(6-4-13)15-9-17(23-2)11-18(10-15)25(21,22)19-8-7-16(12-20)24-19/h3-11H,12,20H2,1-2H3. The van der Waals surface area contributed by atoms with Crippen molar-refractivity contribution in [2.75, 3.05) is 6.26 Å². The third-order valence-corrected chi connectivity index (χ3v) is 7.95. The second-order valence-corrected chi connectivity index (χ2v) is 9.92. The summed E-state index contributed by atoms with van der Waals surface area (Å²) >= 11 is 2.77. The van der Waals surface area contributed by atoms with Crippen LogP contribution in [0.5, 0.6) is 0 Å². The molecule has 2 N–H and O–H groups in total. The molecule has 0 bridgehead atoms. The predicted octanol–water partition coefficient (Wildman–Crippen LogP) is 4.74. The Bertz CT molecular complexity index is 990. The SMILES string of the molecule is CSc1cc(-c2ccc(C)cc2)cc(S(=O)(=O)c2ccc(CN)s2)c1. The minimum Gasteiger partial charge on any atom is -0.326 e. The first-order chi connectivity index (χ1) is 11.9. The van der Waals surface area contributed by atoms with Gasteiger partial charge in [0, 0.05) is 16.3 Å². The Hall–Kier alpha value is -1.60. The number of hydrogen-bond donors (Lipinski definition) is 1. The first-order valence-electron chi connectivity index (χ1n) is 7.74. The highest BCUT2D eigenvalue weighted by molar-refractivity contribution is 7.98. The zero-order valence-corrected chi connectivity index (χ0v) is 16.5. The third-order valence-electron chi connectivity index (χ3n) is 3.91. The number of sulfone groups is 1. The van der Waals surface area contributed by atoms with Crippen molar-refractivity contribution in [3.63, 3.8) is 0 Å². The average Bonchev–Trinajstić information content (AvgIpc) is 3.12. The van der Waals surface area contributed by atoms with Gasteiger partial charge in [-0.05, 0) is 54.6 Å². The molecular formula is C19H19NO2S3. The topological polar surface area (TPSA) is 60.2 Å².